The van der Waals surface area contributed by atoms with E-state index in [4.69, 9.17) is 0 Å². The van der Waals surface area contributed by atoms with Crippen LogP contribution in [0.3, 0.4) is 0 Å². The van der Waals surface area contributed by atoms with Gasteiger partial charge < -0.3 is 9.47 Å². The lowest BCUT2D eigenvalue weighted by atomic mass is 9.95. The first-order valence-corrected chi connectivity index (χ1v) is 9.81. The Morgan fingerprint density at radius 2 is 1.86 bits per heavy atom. The van der Waals surface area contributed by atoms with Crippen LogP contribution in [-0.4, -0.2) is 43.1 Å². The number of pyridine rings is 1. The molecule has 5 rings (SSSR count). The molecule has 28 heavy (non-hydrogen) atoms. The van der Waals surface area contributed by atoms with Gasteiger partial charge in [-0.2, -0.15) is 0 Å². The number of piperidine rings is 1. The Labute approximate surface area is 163 Å². The monoisotopic (exact) mass is 373 g/mol. The van der Waals surface area contributed by atoms with Crippen LogP contribution in [0, 0.1) is 0 Å². The highest BCUT2D eigenvalue weighted by atomic mass is 16.2. The van der Waals surface area contributed by atoms with Crippen molar-refractivity contribution in [3.63, 3.8) is 0 Å². The third kappa shape index (κ3) is 2.85. The molecule has 0 aliphatic carbocycles. The molecular weight excluding hydrogens is 350 g/mol. The second-order valence-electron chi connectivity index (χ2n) is 7.60. The molecule has 0 N–H and O–H groups in total. The van der Waals surface area contributed by atoms with Crippen LogP contribution in [0.15, 0.2) is 54.9 Å². The molecule has 0 saturated carbocycles. The Morgan fingerprint density at radius 3 is 2.71 bits per heavy atom. The summed E-state index contributed by atoms with van der Waals surface area (Å²) in [6.07, 6.45) is 6.41. The van der Waals surface area contributed by atoms with Gasteiger partial charge in [-0.1, -0.05) is 24.3 Å². The molecule has 1 saturated heterocycles. The zero-order chi connectivity index (χ0) is 19.1. The van der Waals surface area contributed by atoms with Crippen LogP contribution in [-0.2, 0) is 18.3 Å². The summed E-state index contributed by atoms with van der Waals surface area (Å²) in [6, 6.07) is 14.2. The lowest BCUT2D eigenvalue weighted by molar-refractivity contribution is -0.131. The summed E-state index contributed by atoms with van der Waals surface area (Å²) >= 11 is 0. The minimum atomic E-state index is 0.209. The molecule has 4 aromatic rings. The van der Waals surface area contributed by atoms with Gasteiger partial charge in [-0.05, 0) is 36.6 Å². The standard InChI is InChI=1S/C22H23N5O/c1-25-15-17(18-6-2-3-7-19(18)25)14-21(28)26-12-9-16(10-13-26)22-24-23-20-8-4-5-11-27(20)22/h2-8,11,15-16H,9-10,12-14H2,1H3. The molecule has 0 radical (unpaired) electrons. The largest absolute Gasteiger partial charge is 0.350 e. The molecule has 1 aliphatic rings. The summed E-state index contributed by atoms with van der Waals surface area (Å²) in [5.74, 6) is 1.57. The van der Waals surface area contributed by atoms with E-state index >= 15 is 0 Å². The molecule has 1 aromatic carbocycles. The van der Waals surface area contributed by atoms with Gasteiger partial charge in [0.2, 0.25) is 5.91 Å². The summed E-state index contributed by atoms with van der Waals surface area (Å²) in [5.41, 5.74) is 3.16. The third-order valence-corrected chi connectivity index (χ3v) is 5.87. The summed E-state index contributed by atoms with van der Waals surface area (Å²) in [5, 5.41) is 9.84. The summed E-state index contributed by atoms with van der Waals surface area (Å²) in [6.45, 7) is 1.55. The van der Waals surface area contributed by atoms with Gasteiger partial charge >= 0.3 is 0 Å². The molecule has 1 amide bonds. The van der Waals surface area contributed by atoms with E-state index in [9.17, 15) is 4.79 Å². The number of amides is 1. The van der Waals surface area contributed by atoms with Crippen molar-refractivity contribution in [2.75, 3.05) is 13.1 Å². The molecule has 0 atom stereocenters. The van der Waals surface area contributed by atoms with E-state index in [0.717, 1.165) is 43.0 Å². The van der Waals surface area contributed by atoms with Crippen molar-refractivity contribution in [2.45, 2.75) is 25.2 Å². The fraction of sp³-hybridized carbons (Fsp3) is 0.318. The molecule has 6 heteroatoms. The number of hydrogen-bond acceptors (Lipinski definition) is 3. The lowest BCUT2D eigenvalue weighted by Gasteiger charge is -2.31. The second-order valence-corrected chi connectivity index (χ2v) is 7.60. The molecule has 6 nitrogen and oxygen atoms in total. The Balaban J connectivity index is 1.28. The highest BCUT2D eigenvalue weighted by molar-refractivity contribution is 5.89. The van der Waals surface area contributed by atoms with Gasteiger partial charge in [-0.3, -0.25) is 9.20 Å². The minimum Gasteiger partial charge on any atom is -0.350 e. The molecular formula is C22H23N5O. The van der Waals surface area contributed by atoms with Gasteiger partial charge in [0, 0.05) is 49.4 Å². The number of rotatable bonds is 3. The maximum Gasteiger partial charge on any atom is 0.227 e. The van der Waals surface area contributed by atoms with E-state index < -0.39 is 0 Å². The number of nitrogens with zero attached hydrogens (tertiary/aromatic N) is 5. The molecule has 0 bridgehead atoms. The molecule has 0 spiro atoms. The van der Waals surface area contributed by atoms with Crippen LogP contribution in [0.25, 0.3) is 16.6 Å². The summed E-state index contributed by atoms with van der Waals surface area (Å²) in [4.78, 5) is 14.9. The predicted octanol–water partition coefficient (Wildman–Crippen LogP) is 3.17. The van der Waals surface area contributed by atoms with Crippen LogP contribution < -0.4 is 0 Å². The molecule has 4 heterocycles. The van der Waals surface area contributed by atoms with Gasteiger partial charge in [0.1, 0.15) is 5.82 Å². The van der Waals surface area contributed by atoms with E-state index in [2.05, 4.69) is 37.5 Å². The minimum absolute atomic E-state index is 0.209. The van der Waals surface area contributed by atoms with Crippen LogP contribution in [0.1, 0.15) is 30.1 Å². The number of hydrogen-bond donors (Lipinski definition) is 0. The highest BCUT2D eigenvalue weighted by Crippen LogP contribution is 2.28. The van der Waals surface area contributed by atoms with Crippen LogP contribution in [0.4, 0.5) is 0 Å². The van der Waals surface area contributed by atoms with Crippen molar-refractivity contribution in [3.05, 3.63) is 66.2 Å². The smallest absolute Gasteiger partial charge is 0.227 e. The Kier molecular flexibility index (Phi) is 4.11. The first-order chi connectivity index (χ1) is 13.7. The average molecular weight is 373 g/mol. The van der Waals surface area contributed by atoms with E-state index in [-0.39, 0.29) is 5.91 Å². The van der Waals surface area contributed by atoms with Crippen LogP contribution >= 0.6 is 0 Å². The number of carbonyl (C=O) groups excluding carboxylic acids is 1. The number of aromatic nitrogens is 4. The normalized spacial score (nSPS) is 15.5. The van der Waals surface area contributed by atoms with Crippen molar-refractivity contribution >= 4 is 22.5 Å². The highest BCUT2D eigenvalue weighted by Gasteiger charge is 2.27. The molecule has 1 aliphatic heterocycles. The lowest BCUT2D eigenvalue weighted by Crippen LogP contribution is -2.39. The molecule has 142 valence electrons. The molecule has 0 unspecified atom stereocenters. The zero-order valence-corrected chi connectivity index (χ0v) is 16.0. The summed E-state index contributed by atoms with van der Waals surface area (Å²) < 4.78 is 4.17. The Bertz CT molecular complexity index is 1150. The Hall–Kier alpha value is -3.15. The van der Waals surface area contributed by atoms with Crippen molar-refractivity contribution in [1.29, 1.82) is 0 Å². The number of likely N-dealkylation sites (tertiary alicyclic amines) is 1. The SMILES string of the molecule is Cn1cc(CC(=O)N2CCC(c3nnc4ccccn34)CC2)c2ccccc21. The van der Waals surface area contributed by atoms with E-state index in [1.54, 1.807) is 0 Å². The first-order valence-electron chi connectivity index (χ1n) is 9.81. The number of benzene rings is 1. The van der Waals surface area contributed by atoms with E-state index in [0.29, 0.717) is 12.3 Å². The van der Waals surface area contributed by atoms with Gasteiger partial charge in [0.05, 0.1) is 6.42 Å². The topological polar surface area (TPSA) is 55.4 Å². The third-order valence-electron chi connectivity index (χ3n) is 5.87. The van der Waals surface area contributed by atoms with Crippen molar-refractivity contribution < 1.29 is 4.79 Å². The quantitative estimate of drug-likeness (QED) is 0.554. The van der Waals surface area contributed by atoms with Crippen molar-refractivity contribution in [3.8, 4) is 0 Å². The van der Waals surface area contributed by atoms with Crippen molar-refractivity contribution in [1.82, 2.24) is 24.1 Å². The fourth-order valence-electron chi connectivity index (χ4n) is 4.37. The van der Waals surface area contributed by atoms with E-state index in [1.807, 2.05) is 48.5 Å². The maximum absolute atomic E-state index is 12.9. The van der Waals surface area contributed by atoms with E-state index in [1.165, 1.54) is 10.9 Å². The predicted molar refractivity (Wildman–Crippen MR) is 108 cm³/mol. The molecule has 1 fully saturated rings. The summed E-state index contributed by atoms with van der Waals surface area (Å²) in [7, 11) is 2.03. The molecule has 3 aromatic heterocycles. The number of carbonyl (C=O) groups is 1. The van der Waals surface area contributed by atoms with Crippen LogP contribution in [0.5, 0.6) is 0 Å². The number of fused-ring (bicyclic) bond motifs is 2. The maximum atomic E-state index is 12.9. The fourth-order valence-corrected chi connectivity index (χ4v) is 4.37. The zero-order valence-electron chi connectivity index (χ0n) is 16.0. The van der Waals surface area contributed by atoms with Gasteiger partial charge in [-0.25, -0.2) is 0 Å². The van der Waals surface area contributed by atoms with Gasteiger partial charge in [0.25, 0.3) is 0 Å². The first kappa shape index (κ1) is 17.0. The number of aryl methyl sites for hydroxylation is 1. The van der Waals surface area contributed by atoms with Crippen LogP contribution in [0.2, 0.25) is 0 Å². The Morgan fingerprint density at radius 1 is 1.07 bits per heavy atom. The average Bonchev–Trinajstić information content (AvgIpc) is 3.30. The second kappa shape index (κ2) is 6.78. The van der Waals surface area contributed by atoms with Crippen molar-refractivity contribution in [2.24, 2.45) is 7.05 Å². The van der Waals surface area contributed by atoms with Gasteiger partial charge in [0.15, 0.2) is 5.65 Å². The number of para-hydroxylation sites is 1. The van der Waals surface area contributed by atoms with Gasteiger partial charge in [-0.15, -0.1) is 10.2 Å².